The van der Waals surface area contributed by atoms with Crippen molar-refractivity contribution < 1.29 is 19.0 Å². The summed E-state index contributed by atoms with van der Waals surface area (Å²) in [5, 5.41) is 8.96. The van der Waals surface area contributed by atoms with Gasteiger partial charge in [0.2, 0.25) is 0 Å². The van der Waals surface area contributed by atoms with Crippen molar-refractivity contribution in [2.24, 2.45) is 5.92 Å². The van der Waals surface area contributed by atoms with E-state index in [9.17, 15) is 9.18 Å². The number of aliphatic carboxylic acids is 1. The molecule has 0 aliphatic carbocycles. The third-order valence-corrected chi connectivity index (χ3v) is 3.33. The molecule has 1 aliphatic heterocycles. The Kier molecular flexibility index (Phi) is 3.15. The van der Waals surface area contributed by atoms with Crippen molar-refractivity contribution in [2.75, 3.05) is 13.2 Å². The van der Waals surface area contributed by atoms with Gasteiger partial charge in [-0.1, -0.05) is 19.1 Å². The first-order chi connectivity index (χ1) is 8.03. The van der Waals surface area contributed by atoms with Gasteiger partial charge in [0, 0.05) is 5.41 Å². The molecule has 92 valence electrons. The second kappa shape index (κ2) is 4.45. The number of hydrogen-bond acceptors (Lipinski definition) is 2. The van der Waals surface area contributed by atoms with Crippen molar-refractivity contribution in [2.45, 2.75) is 18.8 Å². The van der Waals surface area contributed by atoms with E-state index in [1.165, 1.54) is 12.1 Å². The Morgan fingerprint density at radius 2 is 2.06 bits per heavy atom. The van der Waals surface area contributed by atoms with E-state index in [4.69, 9.17) is 9.84 Å². The second-order valence-electron chi connectivity index (χ2n) is 4.72. The Morgan fingerprint density at radius 1 is 1.47 bits per heavy atom. The highest BCUT2D eigenvalue weighted by atomic mass is 19.1. The van der Waals surface area contributed by atoms with E-state index in [1.54, 1.807) is 19.1 Å². The van der Waals surface area contributed by atoms with Gasteiger partial charge in [0.15, 0.2) is 0 Å². The molecule has 1 fully saturated rings. The van der Waals surface area contributed by atoms with E-state index in [2.05, 4.69) is 0 Å². The summed E-state index contributed by atoms with van der Waals surface area (Å²) in [5.74, 6) is -1.52. The molecule has 0 saturated carbocycles. The third kappa shape index (κ3) is 2.31. The molecule has 1 atom stereocenters. The standard InChI is InChI=1S/C13H15FO3/c1-9(12(15)16)6-13(7-17-8-13)10-2-4-11(14)5-3-10/h2-5,9H,6-8H2,1H3,(H,15,16). The number of rotatable bonds is 4. The third-order valence-electron chi connectivity index (χ3n) is 3.33. The Bertz CT molecular complexity index is 409. The van der Waals surface area contributed by atoms with E-state index < -0.39 is 11.9 Å². The van der Waals surface area contributed by atoms with Gasteiger partial charge >= 0.3 is 5.97 Å². The maximum absolute atomic E-state index is 12.9. The summed E-state index contributed by atoms with van der Waals surface area (Å²) in [7, 11) is 0. The molecule has 1 aliphatic rings. The Balaban J connectivity index is 2.19. The number of halogens is 1. The fourth-order valence-electron chi connectivity index (χ4n) is 2.23. The van der Waals surface area contributed by atoms with Crippen molar-refractivity contribution >= 4 is 5.97 Å². The van der Waals surface area contributed by atoms with Crippen molar-refractivity contribution in [1.29, 1.82) is 0 Å². The van der Waals surface area contributed by atoms with Gasteiger partial charge in [-0.2, -0.15) is 0 Å². The topological polar surface area (TPSA) is 46.5 Å². The van der Waals surface area contributed by atoms with Crippen LogP contribution in [-0.4, -0.2) is 24.3 Å². The van der Waals surface area contributed by atoms with Crippen LogP contribution < -0.4 is 0 Å². The van der Waals surface area contributed by atoms with Gasteiger partial charge in [-0.15, -0.1) is 0 Å². The number of carboxylic acid groups (broad SMARTS) is 1. The maximum Gasteiger partial charge on any atom is 0.306 e. The molecular formula is C13H15FO3. The minimum atomic E-state index is -0.807. The van der Waals surface area contributed by atoms with Crippen LogP contribution in [0, 0.1) is 11.7 Å². The number of ether oxygens (including phenoxy) is 1. The van der Waals surface area contributed by atoms with Crippen LogP contribution >= 0.6 is 0 Å². The van der Waals surface area contributed by atoms with Gasteiger partial charge in [0.05, 0.1) is 19.1 Å². The van der Waals surface area contributed by atoms with E-state index >= 15 is 0 Å². The summed E-state index contributed by atoms with van der Waals surface area (Å²) < 4.78 is 18.1. The van der Waals surface area contributed by atoms with Crippen molar-refractivity contribution in [3.63, 3.8) is 0 Å². The normalized spacial score (nSPS) is 19.4. The Morgan fingerprint density at radius 3 is 2.47 bits per heavy atom. The van der Waals surface area contributed by atoms with Crippen molar-refractivity contribution in [3.8, 4) is 0 Å². The lowest BCUT2D eigenvalue weighted by molar-refractivity contribution is -0.144. The molecule has 2 rings (SSSR count). The van der Waals surface area contributed by atoms with Crippen LogP contribution in [0.15, 0.2) is 24.3 Å². The monoisotopic (exact) mass is 238 g/mol. The first kappa shape index (κ1) is 12.0. The summed E-state index contributed by atoms with van der Waals surface area (Å²) in [5.41, 5.74) is 0.698. The van der Waals surface area contributed by atoms with Gasteiger partial charge in [-0.3, -0.25) is 4.79 Å². The van der Waals surface area contributed by atoms with Gasteiger partial charge < -0.3 is 9.84 Å². The summed E-state index contributed by atoms with van der Waals surface area (Å²) >= 11 is 0. The van der Waals surface area contributed by atoms with Crippen LogP contribution in [0.2, 0.25) is 0 Å². The lowest BCUT2D eigenvalue weighted by atomic mass is 9.72. The van der Waals surface area contributed by atoms with Crippen LogP contribution in [-0.2, 0) is 14.9 Å². The molecule has 1 N–H and O–H groups in total. The number of carbonyl (C=O) groups is 1. The first-order valence-corrected chi connectivity index (χ1v) is 5.60. The van der Waals surface area contributed by atoms with E-state index in [0.717, 1.165) is 5.56 Å². The molecule has 1 aromatic carbocycles. The molecular weight excluding hydrogens is 223 g/mol. The number of benzene rings is 1. The maximum atomic E-state index is 12.9. The fraction of sp³-hybridized carbons (Fsp3) is 0.462. The number of carboxylic acids is 1. The predicted octanol–water partition coefficient (Wildman–Crippen LogP) is 2.20. The van der Waals surface area contributed by atoms with E-state index in [1.807, 2.05) is 0 Å². The average Bonchev–Trinajstić information content (AvgIpc) is 2.24. The molecule has 4 heteroatoms. The molecule has 1 unspecified atom stereocenters. The minimum Gasteiger partial charge on any atom is -0.481 e. The zero-order valence-electron chi connectivity index (χ0n) is 9.65. The smallest absolute Gasteiger partial charge is 0.306 e. The Hall–Kier alpha value is -1.42. The van der Waals surface area contributed by atoms with Crippen LogP contribution in [0.5, 0.6) is 0 Å². The molecule has 0 bridgehead atoms. The highest BCUT2D eigenvalue weighted by molar-refractivity contribution is 5.69. The second-order valence-corrected chi connectivity index (χ2v) is 4.72. The highest BCUT2D eigenvalue weighted by Crippen LogP contribution is 2.38. The molecule has 1 aromatic rings. The van der Waals surface area contributed by atoms with Crippen LogP contribution in [0.3, 0.4) is 0 Å². The van der Waals surface area contributed by atoms with Crippen LogP contribution in [0.1, 0.15) is 18.9 Å². The SMILES string of the molecule is CC(CC1(c2ccc(F)cc2)COC1)C(=O)O. The lowest BCUT2D eigenvalue weighted by Gasteiger charge is -2.43. The summed E-state index contributed by atoms with van der Waals surface area (Å²) in [6.07, 6.45) is 0.522. The zero-order chi connectivity index (χ0) is 12.5. The predicted molar refractivity (Wildman–Crippen MR) is 60.3 cm³/mol. The summed E-state index contributed by atoms with van der Waals surface area (Å²) in [4.78, 5) is 10.9. The van der Waals surface area contributed by atoms with Gasteiger partial charge in [-0.05, 0) is 24.1 Å². The van der Waals surface area contributed by atoms with E-state index in [-0.39, 0.29) is 11.2 Å². The molecule has 3 nitrogen and oxygen atoms in total. The fourth-order valence-corrected chi connectivity index (χ4v) is 2.23. The quantitative estimate of drug-likeness (QED) is 0.874. The van der Waals surface area contributed by atoms with Gasteiger partial charge in [0.25, 0.3) is 0 Å². The first-order valence-electron chi connectivity index (χ1n) is 5.60. The van der Waals surface area contributed by atoms with Crippen molar-refractivity contribution in [1.82, 2.24) is 0 Å². The Labute approximate surface area is 99.2 Å². The summed E-state index contributed by atoms with van der Waals surface area (Å²) in [6, 6.07) is 6.24. The van der Waals surface area contributed by atoms with Gasteiger partial charge in [-0.25, -0.2) is 4.39 Å². The molecule has 0 amide bonds. The zero-order valence-corrected chi connectivity index (χ0v) is 9.65. The van der Waals surface area contributed by atoms with Crippen molar-refractivity contribution in [3.05, 3.63) is 35.6 Å². The lowest BCUT2D eigenvalue weighted by Crippen LogP contribution is -2.48. The largest absolute Gasteiger partial charge is 0.481 e. The average molecular weight is 238 g/mol. The molecule has 1 heterocycles. The highest BCUT2D eigenvalue weighted by Gasteiger charge is 2.42. The molecule has 0 spiro atoms. The molecule has 1 saturated heterocycles. The van der Waals surface area contributed by atoms with E-state index in [0.29, 0.717) is 19.6 Å². The summed E-state index contributed by atoms with van der Waals surface area (Å²) in [6.45, 7) is 2.71. The van der Waals surface area contributed by atoms with Crippen LogP contribution in [0.25, 0.3) is 0 Å². The van der Waals surface area contributed by atoms with Crippen LogP contribution in [0.4, 0.5) is 4.39 Å². The molecule has 17 heavy (non-hydrogen) atoms. The number of hydrogen-bond donors (Lipinski definition) is 1. The minimum absolute atomic E-state index is 0.258. The molecule has 0 radical (unpaired) electrons. The van der Waals surface area contributed by atoms with Gasteiger partial charge in [0.1, 0.15) is 5.82 Å². The molecule has 0 aromatic heterocycles.